The topological polar surface area (TPSA) is 163 Å². The van der Waals surface area contributed by atoms with Crippen molar-refractivity contribution in [2.24, 2.45) is 0 Å². The minimum atomic E-state index is -0.867. The van der Waals surface area contributed by atoms with Gasteiger partial charge in [-0.15, -0.1) is 23.2 Å². The Hall–Kier alpha value is -5.00. The van der Waals surface area contributed by atoms with Crippen molar-refractivity contribution in [3.63, 3.8) is 0 Å². The number of furan rings is 1. The Morgan fingerprint density at radius 2 is 1.36 bits per heavy atom. The second kappa shape index (κ2) is 19.5. The first-order valence-electron chi connectivity index (χ1n) is 13.8. The summed E-state index contributed by atoms with van der Waals surface area (Å²) < 4.78 is 25.2. The molecule has 0 saturated carbocycles. The number of carboxylic acid groups (broad SMARTS) is 1. The normalized spacial score (nSPS) is 9.91. The Kier molecular flexibility index (Phi) is 15.8. The van der Waals surface area contributed by atoms with Crippen LogP contribution >= 0.6 is 23.2 Å². The molecule has 0 saturated heterocycles. The number of Topliss-reactive ketones (excluding diaryl/α,β-unsaturated/α-hetero) is 2. The van der Waals surface area contributed by atoms with Crippen LogP contribution in [0.2, 0.25) is 0 Å². The SMILES string of the molecule is CC(=O)CC(=O)CCl.COc1ccc2c(CC(=O)O)coc2c1.COc1ccc2c(CCl)cc(=O)oc2c1.COc1cccc(O)c1. The van der Waals surface area contributed by atoms with E-state index in [9.17, 15) is 19.2 Å². The summed E-state index contributed by atoms with van der Waals surface area (Å²) >= 11 is 10.8. The van der Waals surface area contributed by atoms with E-state index >= 15 is 0 Å². The number of carbonyl (C=O) groups is 3. The third kappa shape index (κ3) is 12.7. The molecule has 0 atom stereocenters. The molecule has 0 amide bonds. The molecule has 0 spiro atoms. The van der Waals surface area contributed by atoms with E-state index in [2.05, 4.69) is 0 Å². The molecule has 250 valence electrons. The number of ether oxygens (including phenoxy) is 3. The quantitative estimate of drug-likeness (QED) is 0.0953. The molecule has 2 N–H and O–H groups in total. The molecule has 3 aromatic carbocycles. The lowest BCUT2D eigenvalue weighted by Gasteiger charge is -2.03. The predicted molar refractivity (Wildman–Crippen MR) is 178 cm³/mol. The first-order valence-corrected chi connectivity index (χ1v) is 14.8. The van der Waals surface area contributed by atoms with Crippen LogP contribution in [0.3, 0.4) is 0 Å². The predicted octanol–water partition coefficient (Wildman–Crippen LogP) is 6.78. The highest BCUT2D eigenvalue weighted by Gasteiger charge is 2.10. The van der Waals surface area contributed by atoms with E-state index in [0.717, 1.165) is 16.3 Å². The summed E-state index contributed by atoms with van der Waals surface area (Å²) in [6.45, 7) is 1.37. The summed E-state index contributed by atoms with van der Waals surface area (Å²) in [5, 5.41) is 19.2. The molecule has 0 aliphatic rings. The first kappa shape index (κ1) is 38.2. The molecule has 11 nitrogen and oxygen atoms in total. The largest absolute Gasteiger partial charge is 0.508 e. The van der Waals surface area contributed by atoms with Gasteiger partial charge in [0, 0.05) is 46.5 Å². The summed E-state index contributed by atoms with van der Waals surface area (Å²) in [5.41, 5.74) is 2.19. The maximum absolute atomic E-state index is 11.2. The molecule has 47 heavy (non-hydrogen) atoms. The fourth-order valence-corrected chi connectivity index (χ4v) is 4.19. The van der Waals surface area contributed by atoms with Crippen LogP contribution in [0.1, 0.15) is 24.5 Å². The Labute approximate surface area is 280 Å². The van der Waals surface area contributed by atoms with Crippen molar-refractivity contribution >= 4 is 62.7 Å². The highest BCUT2D eigenvalue weighted by molar-refractivity contribution is 6.29. The van der Waals surface area contributed by atoms with E-state index in [0.29, 0.717) is 34.0 Å². The summed E-state index contributed by atoms with van der Waals surface area (Å²) in [6, 6.07) is 18.7. The zero-order chi connectivity index (χ0) is 34.9. The van der Waals surface area contributed by atoms with Crippen LogP contribution in [-0.4, -0.2) is 55.0 Å². The molecule has 5 aromatic rings. The van der Waals surface area contributed by atoms with Crippen molar-refractivity contribution in [1.82, 2.24) is 0 Å². The first-order chi connectivity index (χ1) is 22.4. The molecular weight excluding hydrogens is 655 g/mol. The molecule has 0 fully saturated rings. The van der Waals surface area contributed by atoms with Crippen molar-refractivity contribution in [1.29, 1.82) is 0 Å². The van der Waals surface area contributed by atoms with Crippen LogP contribution in [-0.2, 0) is 26.7 Å². The van der Waals surface area contributed by atoms with Gasteiger partial charge >= 0.3 is 11.6 Å². The van der Waals surface area contributed by atoms with Gasteiger partial charge in [-0.2, -0.15) is 0 Å². The Balaban J connectivity index is 0.000000227. The van der Waals surface area contributed by atoms with Gasteiger partial charge in [0.2, 0.25) is 0 Å². The number of benzene rings is 3. The zero-order valence-electron chi connectivity index (χ0n) is 26.1. The van der Waals surface area contributed by atoms with Gasteiger partial charge in [0.15, 0.2) is 5.78 Å². The second-order valence-electron chi connectivity index (χ2n) is 9.53. The van der Waals surface area contributed by atoms with E-state index in [1.165, 1.54) is 19.3 Å². The fourth-order valence-electron chi connectivity index (χ4n) is 3.87. The lowest BCUT2D eigenvalue weighted by molar-refractivity contribution is -0.136. The molecule has 2 aromatic heterocycles. The van der Waals surface area contributed by atoms with Crippen LogP contribution in [0.15, 0.2) is 86.6 Å². The summed E-state index contributed by atoms with van der Waals surface area (Å²) in [5.74, 6) is 1.28. The summed E-state index contributed by atoms with van der Waals surface area (Å²) in [7, 11) is 4.70. The van der Waals surface area contributed by atoms with E-state index in [1.807, 2.05) is 6.07 Å². The smallest absolute Gasteiger partial charge is 0.336 e. The molecule has 0 unspecified atom stereocenters. The number of ketones is 2. The number of hydrogen-bond acceptors (Lipinski definition) is 10. The van der Waals surface area contributed by atoms with Gasteiger partial charge in [-0.05, 0) is 48.9 Å². The van der Waals surface area contributed by atoms with Gasteiger partial charge in [-0.3, -0.25) is 14.4 Å². The average Bonchev–Trinajstić information content (AvgIpc) is 3.45. The number of rotatable bonds is 9. The number of phenolic OH excluding ortho intramolecular Hbond substituents is 1. The number of fused-ring (bicyclic) bond motifs is 2. The number of aromatic hydroxyl groups is 1. The second-order valence-corrected chi connectivity index (χ2v) is 10.1. The zero-order valence-corrected chi connectivity index (χ0v) is 27.6. The number of alkyl halides is 2. The number of aliphatic carboxylic acids is 1. The minimum absolute atomic E-state index is 0.0243. The molecule has 0 bridgehead atoms. The maximum Gasteiger partial charge on any atom is 0.336 e. The summed E-state index contributed by atoms with van der Waals surface area (Å²) in [6.07, 6.45) is 1.42. The van der Waals surface area contributed by atoms with Gasteiger partial charge in [0.05, 0.1) is 46.3 Å². The standard InChI is InChI=1S/C11H9ClO3.C11H10O4.C7H8O2.C5H7ClO2/c1-14-8-2-3-9-7(6-12)4-11(13)15-10(9)5-8;1-14-8-2-3-9-7(4-11(12)13)6-15-10(9)5-8;1-9-7-4-2-3-6(8)5-7;1-4(7)2-5(8)3-6/h2-5H,6H2,1H3;2-3,5-6H,4H2,1H3,(H,12,13);2-5,8H,1H3;2-3H2,1H3. The van der Waals surface area contributed by atoms with Gasteiger partial charge in [0.1, 0.15) is 39.9 Å². The summed E-state index contributed by atoms with van der Waals surface area (Å²) in [4.78, 5) is 42.2. The van der Waals surface area contributed by atoms with Crippen LogP contribution in [0.5, 0.6) is 23.0 Å². The van der Waals surface area contributed by atoms with Crippen LogP contribution in [0.4, 0.5) is 0 Å². The lowest BCUT2D eigenvalue weighted by atomic mass is 10.1. The molecule has 5 rings (SSSR count). The average molecular weight is 690 g/mol. The highest BCUT2D eigenvalue weighted by Crippen LogP contribution is 2.26. The van der Waals surface area contributed by atoms with Crippen molar-refractivity contribution in [3.8, 4) is 23.0 Å². The number of carbonyl (C=O) groups excluding carboxylic acids is 2. The van der Waals surface area contributed by atoms with Gasteiger partial charge in [0.25, 0.3) is 0 Å². The van der Waals surface area contributed by atoms with Gasteiger partial charge in [-0.1, -0.05) is 6.07 Å². The highest BCUT2D eigenvalue weighted by atomic mass is 35.5. The van der Waals surface area contributed by atoms with E-state index < -0.39 is 11.6 Å². The maximum atomic E-state index is 11.2. The number of carboxylic acids is 1. The van der Waals surface area contributed by atoms with E-state index in [-0.39, 0.29) is 41.9 Å². The van der Waals surface area contributed by atoms with Crippen LogP contribution < -0.4 is 19.8 Å². The fraction of sp³-hybridized carbons (Fsp3) is 0.235. The van der Waals surface area contributed by atoms with E-state index in [1.54, 1.807) is 75.9 Å². The monoisotopic (exact) mass is 688 g/mol. The third-order valence-electron chi connectivity index (χ3n) is 6.03. The molecule has 0 radical (unpaired) electrons. The van der Waals surface area contributed by atoms with E-state index in [4.69, 9.17) is 56.5 Å². The number of hydrogen-bond donors (Lipinski definition) is 2. The third-order valence-corrected chi connectivity index (χ3v) is 6.62. The number of phenols is 1. The van der Waals surface area contributed by atoms with Crippen LogP contribution in [0.25, 0.3) is 21.9 Å². The van der Waals surface area contributed by atoms with Crippen molar-refractivity contribution in [3.05, 3.63) is 94.5 Å². The molecule has 2 heterocycles. The Morgan fingerprint density at radius 3 is 1.83 bits per heavy atom. The lowest BCUT2D eigenvalue weighted by Crippen LogP contribution is -2.04. The van der Waals surface area contributed by atoms with Gasteiger partial charge in [-0.25, -0.2) is 4.79 Å². The molecular formula is C34H34Cl2O11. The van der Waals surface area contributed by atoms with Crippen molar-refractivity contribution in [2.45, 2.75) is 25.6 Å². The molecule has 0 aliphatic heterocycles. The molecule has 0 aliphatic carbocycles. The Morgan fingerprint density at radius 1 is 0.787 bits per heavy atom. The Bertz CT molecular complexity index is 1840. The molecule has 13 heteroatoms. The van der Waals surface area contributed by atoms with Crippen molar-refractivity contribution in [2.75, 3.05) is 27.2 Å². The number of halogens is 2. The van der Waals surface area contributed by atoms with Crippen LogP contribution in [0, 0.1) is 0 Å². The van der Waals surface area contributed by atoms with Gasteiger partial charge < -0.3 is 33.3 Å². The van der Waals surface area contributed by atoms with Crippen molar-refractivity contribution < 1.29 is 47.6 Å². The minimum Gasteiger partial charge on any atom is -0.508 e. The number of methoxy groups -OCH3 is 3.